The van der Waals surface area contributed by atoms with E-state index in [0.29, 0.717) is 27.9 Å². The number of pyridine rings is 2. The van der Waals surface area contributed by atoms with Crippen molar-refractivity contribution in [1.29, 1.82) is 0 Å². The summed E-state index contributed by atoms with van der Waals surface area (Å²) in [5.41, 5.74) is 1.94. The Balaban J connectivity index is 1.66. The Morgan fingerprint density at radius 3 is 2.56 bits per heavy atom. The number of hydrogen-bond acceptors (Lipinski definition) is 7. The first-order valence-corrected chi connectivity index (χ1v) is 12.3. The summed E-state index contributed by atoms with van der Waals surface area (Å²) in [4.78, 5) is 30.6. The van der Waals surface area contributed by atoms with E-state index in [4.69, 9.17) is 0 Å². The van der Waals surface area contributed by atoms with E-state index in [2.05, 4.69) is 25.6 Å². The fraction of sp³-hybridized carbons (Fsp3) is 0.250. The van der Waals surface area contributed by atoms with E-state index in [-0.39, 0.29) is 27.9 Å². The zero-order chi connectivity index (χ0) is 28.1. The van der Waals surface area contributed by atoms with Crippen LogP contribution in [0.2, 0.25) is 0 Å². The summed E-state index contributed by atoms with van der Waals surface area (Å²) in [6, 6.07) is 8.18. The highest BCUT2D eigenvalue weighted by atomic mass is 19.1. The molecule has 4 heterocycles. The molecule has 1 aromatic carbocycles. The lowest BCUT2D eigenvalue weighted by atomic mass is 9.86. The first-order chi connectivity index (χ1) is 18.5. The number of anilines is 2. The van der Waals surface area contributed by atoms with Gasteiger partial charge in [0.05, 0.1) is 18.2 Å². The van der Waals surface area contributed by atoms with Crippen molar-refractivity contribution in [3.63, 3.8) is 0 Å². The molecule has 0 unspecified atom stereocenters. The number of aromatic amines is 1. The lowest BCUT2D eigenvalue weighted by molar-refractivity contribution is 0.281. The van der Waals surface area contributed by atoms with Crippen LogP contribution < -0.4 is 16.4 Å². The molecule has 0 fully saturated rings. The maximum Gasteiger partial charge on any atom is 0.283 e. The molecule has 0 aliphatic carbocycles. The summed E-state index contributed by atoms with van der Waals surface area (Å²) in [6.45, 7) is 7.24. The highest BCUT2D eigenvalue weighted by Gasteiger charge is 2.21. The fourth-order valence-corrected chi connectivity index (χ4v) is 4.48. The number of fused-ring (bicyclic) bond motifs is 1. The number of H-pyrrole nitrogens is 1. The topological polar surface area (TPSA) is 131 Å². The molecule has 5 aromatic rings. The fourth-order valence-electron chi connectivity index (χ4n) is 4.48. The van der Waals surface area contributed by atoms with Gasteiger partial charge in [-0.1, -0.05) is 20.8 Å². The van der Waals surface area contributed by atoms with Gasteiger partial charge in [-0.2, -0.15) is 14.9 Å². The van der Waals surface area contributed by atoms with E-state index in [0.717, 1.165) is 15.9 Å². The lowest BCUT2D eigenvalue weighted by Gasteiger charge is -2.20. The van der Waals surface area contributed by atoms with E-state index in [1.807, 2.05) is 27.7 Å². The second kappa shape index (κ2) is 9.59. The average Bonchev–Trinajstić information content (AvgIpc) is 3.30. The van der Waals surface area contributed by atoms with Crippen LogP contribution in [-0.2, 0) is 19.1 Å². The predicted octanol–water partition coefficient (Wildman–Crippen LogP) is 3.85. The van der Waals surface area contributed by atoms with Crippen LogP contribution in [0.15, 0.2) is 58.5 Å². The molecule has 200 valence electrons. The van der Waals surface area contributed by atoms with Gasteiger partial charge in [0.2, 0.25) is 0 Å². The Hall–Kier alpha value is -4.64. The number of rotatable bonds is 5. The third-order valence-corrected chi connectivity index (χ3v) is 6.56. The average molecular weight is 530 g/mol. The largest absolute Gasteiger partial charge is 0.392 e. The lowest BCUT2D eigenvalue weighted by Crippen LogP contribution is -2.25. The minimum atomic E-state index is -0.693. The summed E-state index contributed by atoms with van der Waals surface area (Å²) >= 11 is 0. The maximum atomic E-state index is 15.2. The highest BCUT2D eigenvalue weighted by molar-refractivity contribution is 5.83. The van der Waals surface area contributed by atoms with Gasteiger partial charge in [0.1, 0.15) is 11.5 Å². The molecule has 10 nitrogen and oxygen atoms in total. The third kappa shape index (κ3) is 4.72. The minimum Gasteiger partial charge on any atom is -0.392 e. The van der Waals surface area contributed by atoms with Crippen molar-refractivity contribution in [2.24, 2.45) is 7.05 Å². The van der Waals surface area contributed by atoms with Crippen LogP contribution in [0.1, 0.15) is 37.6 Å². The number of aliphatic hydroxyl groups is 1. The van der Waals surface area contributed by atoms with Crippen molar-refractivity contribution in [2.45, 2.75) is 39.7 Å². The van der Waals surface area contributed by atoms with E-state index in [1.165, 1.54) is 23.0 Å². The Morgan fingerprint density at radius 1 is 1.13 bits per heavy atom. The first-order valence-electron chi connectivity index (χ1n) is 12.3. The number of aliphatic hydroxyl groups excluding tert-OH is 1. The van der Waals surface area contributed by atoms with Crippen LogP contribution in [0.3, 0.4) is 0 Å². The summed E-state index contributed by atoms with van der Waals surface area (Å²) in [7, 11) is 1.61. The van der Waals surface area contributed by atoms with Crippen molar-refractivity contribution in [3.05, 3.63) is 92.3 Å². The van der Waals surface area contributed by atoms with Crippen molar-refractivity contribution in [1.82, 2.24) is 29.5 Å². The molecule has 4 aromatic heterocycles. The van der Waals surface area contributed by atoms with Crippen LogP contribution >= 0.6 is 0 Å². The van der Waals surface area contributed by atoms with Gasteiger partial charge < -0.3 is 15.0 Å². The highest BCUT2D eigenvalue weighted by Crippen LogP contribution is 2.30. The van der Waals surface area contributed by atoms with Crippen molar-refractivity contribution in [2.75, 3.05) is 5.32 Å². The number of nitrogens with one attached hydrogen (secondary N) is 2. The summed E-state index contributed by atoms with van der Waals surface area (Å²) in [5, 5.41) is 24.9. The second-order valence-corrected chi connectivity index (χ2v) is 10.5. The first kappa shape index (κ1) is 26.0. The zero-order valence-electron chi connectivity index (χ0n) is 22.2. The molecule has 0 bridgehead atoms. The van der Waals surface area contributed by atoms with E-state index in [1.54, 1.807) is 37.5 Å². The Morgan fingerprint density at radius 2 is 1.90 bits per heavy atom. The number of nitrogens with zero attached hydrogens (tertiary/aromatic N) is 5. The second-order valence-electron chi connectivity index (χ2n) is 10.5. The molecule has 0 saturated carbocycles. The minimum absolute atomic E-state index is 0.0625. The molecular formula is C28H28FN7O3. The van der Waals surface area contributed by atoms with Gasteiger partial charge in [-0.05, 0) is 47.7 Å². The van der Waals surface area contributed by atoms with Gasteiger partial charge in [-0.3, -0.25) is 14.7 Å². The van der Waals surface area contributed by atoms with E-state index >= 15 is 4.39 Å². The van der Waals surface area contributed by atoms with E-state index < -0.39 is 18.0 Å². The van der Waals surface area contributed by atoms with Crippen LogP contribution in [0.4, 0.5) is 15.9 Å². The van der Waals surface area contributed by atoms with Crippen molar-refractivity contribution < 1.29 is 9.50 Å². The van der Waals surface area contributed by atoms with Gasteiger partial charge in [0, 0.05) is 47.7 Å². The number of aryl methyl sites for hydroxylation is 2. The molecule has 0 amide bonds. The molecule has 0 atom stereocenters. The van der Waals surface area contributed by atoms with Crippen LogP contribution in [-0.4, -0.2) is 34.6 Å². The number of benzene rings is 1. The SMILES string of the molecule is Cc1cc(Nc2cc(-c3ccnc(-n4ncc5cc(C(C)(C)C)cc(F)c5c4=O)c3CO)cn(C)c2=O)n[nH]1. The van der Waals surface area contributed by atoms with Crippen LogP contribution in [0.5, 0.6) is 0 Å². The van der Waals surface area contributed by atoms with E-state index in [9.17, 15) is 14.7 Å². The molecular weight excluding hydrogens is 501 g/mol. The zero-order valence-corrected chi connectivity index (χ0v) is 22.2. The Bertz CT molecular complexity index is 1850. The predicted molar refractivity (Wildman–Crippen MR) is 147 cm³/mol. The standard InChI is InChI=1S/C28H28FN7O3/c1-15-8-23(34-33-15)32-22-10-17(13-35(5)26(22)38)19-6-7-30-25(20(19)14-37)36-27(39)24-16(12-31-36)9-18(11-21(24)29)28(2,3)4/h6-13,37H,14H2,1-5H3,(H2,32,33,34). The Kier molecular flexibility index (Phi) is 6.39. The molecule has 3 N–H and O–H groups in total. The normalized spacial score (nSPS) is 11.8. The monoisotopic (exact) mass is 529 g/mol. The molecule has 0 spiro atoms. The molecule has 0 aliphatic heterocycles. The van der Waals surface area contributed by atoms with Gasteiger partial charge in [0.25, 0.3) is 11.1 Å². The molecule has 0 aliphatic rings. The Labute approximate surface area is 222 Å². The maximum absolute atomic E-state index is 15.2. The van der Waals surface area contributed by atoms with Crippen molar-refractivity contribution >= 4 is 22.3 Å². The summed E-state index contributed by atoms with van der Waals surface area (Å²) in [6.07, 6.45) is 4.51. The van der Waals surface area contributed by atoms with Gasteiger partial charge >= 0.3 is 0 Å². The quantitative estimate of drug-likeness (QED) is 0.315. The summed E-state index contributed by atoms with van der Waals surface area (Å²) < 4.78 is 17.6. The number of hydrogen-bond donors (Lipinski definition) is 3. The van der Waals surface area contributed by atoms with Gasteiger partial charge in [-0.25, -0.2) is 9.37 Å². The smallest absolute Gasteiger partial charge is 0.283 e. The third-order valence-electron chi connectivity index (χ3n) is 6.56. The molecule has 0 saturated heterocycles. The molecule has 5 rings (SSSR count). The molecule has 11 heteroatoms. The van der Waals surface area contributed by atoms with Gasteiger partial charge in [0.15, 0.2) is 11.6 Å². The number of aromatic nitrogens is 6. The van der Waals surface area contributed by atoms with Crippen LogP contribution in [0, 0.1) is 12.7 Å². The summed E-state index contributed by atoms with van der Waals surface area (Å²) in [5.74, 6) is -0.113. The number of halogens is 1. The molecule has 39 heavy (non-hydrogen) atoms. The van der Waals surface area contributed by atoms with Crippen molar-refractivity contribution in [3.8, 4) is 16.9 Å². The van der Waals surface area contributed by atoms with Crippen LogP contribution in [0.25, 0.3) is 27.7 Å². The molecule has 0 radical (unpaired) electrons. The van der Waals surface area contributed by atoms with Gasteiger partial charge in [-0.15, -0.1) is 0 Å².